The molecule has 116 valence electrons. The fourth-order valence-corrected chi connectivity index (χ4v) is 3.26. The highest BCUT2D eigenvalue weighted by Crippen LogP contribution is 2.30. The van der Waals surface area contributed by atoms with Crippen LogP contribution >= 0.6 is 0 Å². The molecule has 1 atom stereocenters. The first-order chi connectivity index (χ1) is 10.8. The van der Waals surface area contributed by atoms with Crippen molar-refractivity contribution in [2.75, 3.05) is 26.2 Å². The summed E-state index contributed by atoms with van der Waals surface area (Å²) < 4.78 is 0. The quantitative estimate of drug-likeness (QED) is 0.943. The minimum absolute atomic E-state index is 0.251. The van der Waals surface area contributed by atoms with Gasteiger partial charge in [0.25, 0.3) is 0 Å². The molecule has 0 amide bonds. The lowest BCUT2D eigenvalue weighted by atomic mass is 9.95. The highest BCUT2D eigenvalue weighted by molar-refractivity contribution is 5.37. The van der Waals surface area contributed by atoms with Gasteiger partial charge in [-0.15, -0.1) is 0 Å². The SMILES string of the molecule is Cc1ccc(C)c(C(c2ccccn2)N2CCCNCC2)c1. The summed E-state index contributed by atoms with van der Waals surface area (Å²) in [5.41, 5.74) is 5.20. The first-order valence-corrected chi connectivity index (χ1v) is 8.18. The molecule has 1 aliphatic rings. The number of hydrogen-bond donors (Lipinski definition) is 1. The molecule has 0 aliphatic carbocycles. The van der Waals surface area contributed by atoms with Gasteiger partial charge in [-0.25, -0.2) is 0 Å². The maximum atomic E-state index is 4.67. The summed E-state index contributed by atoms with van der Waals surface area (Å²) in [5, 5.41) is 3.50. The fourth-order valence-electron chi connectivity index (χ4n) is 3.26. The van der Waals surface area contributed by atoms with Gasteiger partial charge in [-0.3, -0.25) is 9.88 Å². The van der Waals surface area contributed by atoms with E-state index in [0.717, 1.165) is 31.9 Å². The van der Waals surface area contributed by atoms with Crippen molar-refractivity contribution in [1.82, 2.24) is 15.2 Å². The van der Waals surface area contributed by atoms with Gasteiger partial charge in [-0.2, -0.15) is 0 Å². The Morgan fingerprint density at radius 2 is 2.00 bits per heavy atom. The third kappa shape index (κ3) is 3.37. The van der Waals surface area contributed by atoms with E-state index in [1.165, 1.54) is 23.1 Å². The first kappa shape index (κ1) is 15.2. The molecular weight excluding hydrogens is 270 g/mol. The van der Waals surface area contributed by atoms with E-state index in [-0.39, 0.29) is 6.04 Å². The second kappa shape index (κ2) is 7.03. The zero-order valence-electron chi connectivity index (χ0n) is 13.5. The molecule has 1 N–H and O–H groups in total. The van der Waals surface area contributed by atoms with Crippen molar-refractivity contribution in [3.05, 3.63) is 65.0 Å². The van der Waals surface area contributed by atoms with Crippen LogP contribution in [0.1, 0.15) is 34.8 Å². The summed E-state index contributed by atoms with van der Waals surface area (Å²) in [6, 6.07) is 13.2. The Hall–Kier alpha value is -1.71. The number of aryl methyl sites for hydroxylation is 2. The van der Waals surface area contributed by atoms with Crippen molar-refractivity contribution in [2.45, 2.75) is 26.3 Å². The van der Waals surface area contributed by atoms with Crippen LogP contribution in [0.2, 0.25) is 0 Å². The van der Waals surface area contributed by atoms with Crippen molar-refractivity contribution >= 4 is 0 Å². The van der Waals surface area contributed by atoms with Crippen molar-refractivity contribution in [3.63, 3.8) is 0 Å². The van der Waals surface area contributed by atoms with E-state index in [0.29, 0.717) is 0 Å². The van der Waals surface area contributed by atoms with Gasteiger partial charge in [-0.1, -0.05) is 29.8 Å². The van der Waals surface area contributed by atoms with Gasteiger partial charge in [0.05, 0.1) is 11.7 Å². The zero-order chi connectivity index (χ0) is 15.4. The largest absolute Gasteiger partial charge is 0.315 e. The van der Waals surface area contributed by atoms with Gasteiger partial charge >= 0.3 is 0 Å². The molecule has 1 unspecified atom stereocenters. The van der Waals surface area contributed by atoms with Crippen LogP contribution in [0.4, 0.5) is 0 Å². The van der Waals surface area contributed by atoms with E-state index in [9.17, 15) is 0 Å². The predicted molar refractivity (Wildman–Crippen MR) is 91.1 cm³/mol. The van der Waals surface area contributed by atoms with Crippen LogP contribution in [0.25, 0.3) is 0 Å². The lowest BCUT2D eigenvalue weighted by Crippen LogP contribution is -2.33. The van der Waals surface area contributed by atoms with Gasteiger partial charge in [-0.05, 0) is 50.1 Å². The lowest BCUT2D eigenvalue weighted by molar-refractivity contribution is 0.236. The Kier molecular flexibility index (Phi) is 4.86. The fraction of sp³-hybridized carbons (Fsp3) is 0.421. The number of hydrogen-bond acceptors (Lipinski definition) is 3. The van der Waals surface area contributed by atoms with E-state index in [1.807, 2.05) is 12.3 Å². The second-order valence-electron chi connectivity index (χ2n) is 6.16. The van der Waals surface area contributed by atoms with Gasteiger partial charge in [0.15, 0.2) is 0 Å². The van der Waals surface area contributed by atoms with E-state index in [4.69, 9.17) is 0 Å². The molecule has 1 aromatic carbocycles. The summed E-state index contributed by atoms with van der Waals surface area (Å²) in [5.74, 6) is 0. The zero-order valence-corrected chi connectivity index (χ0v) is 13.5. The molecule has 3 rings (SSSR count). The van der Waals surface area contributed by atoms with Gasteiger partial charge < -0.3 is 5.32 Å². The highest BCUT2D eigenvalue weighted by Gasteiger charge is 2.25. The highest BCUT2D eigenvalue weighted by atomic mass is 15.2. The normalized spacial score (nSPS) is 17.9. The second-order valence-corrected chi connectivity index (χ2v) is 6.16. The van der Waals surface area contributed by atoms with Crippen molar-refractivity contribution in [3.8, 4) is 0 Å². The minimum atomic E-state index is 0.251. The summed E-state index contributed by atoms with van der Waals surface area (Å²) in [6.07, 6.45) is 3.09. The molecule has 0 spiro atoms. The van der Waals surface area contributed by atoms with Crippen LogP contribution in [0.5, 0.6) is 0 Å². The van der Waals surface area contributed by atoms with Crippen molar-refractivity contribution in [2.24, 2.45) is 0 Å². The number of aromatic nitrogens is 1. The third-order valence-electron chi connectivity index (χ3n) is 4.44. The number of benzene rings is 1. The van der Waals surface area contributed by atoms with Crippen LogP contribution < -0.4 is 5.32 Å². The molecule has 1 aliphatic heterocycles. The Balaban J connectivity index is 2.04. The average Bonchev–Trinajstić information content (AvgIpc) is 2.81. The number of nitrogens with one attached hydrogen (secondary N) is 1. The maximum Gasteiger partial charge on any atom is 0.0779 e. The van der Waals surface area contributed by atoms with E-state index >= 15 is 0 Å². The van der Waals surface area contributed by atoms with Crippen LogP contribution in [-0.4, -0.2) is 36.1 Å². The van der Waals surface area contributed by atoms with Crippen molar-refractivity contribution < 1.29 is 0 Å². The number of pyridine rings is 1. The molecule has 2 heterocycles. The van der Waals surface area contributed by atoms with Gasteiger partial charge in [0.1, 0.15) is 0 Å². The molecule has 0 saturated carbocycles. The average molecular weight is 295 g/mol. The smallest absolute Gasteiger partial charge is 0.0779 e. The first-order valence-electron chi connectivity index (χ1n) is 8.18. The standard InChI is InChI=1S/C19H25N3/c1-15-7-8-16(2)17(14-15)19(18-6-3-4-10-21-18)22-12-5-9-20-11-13-22/h3-4,6-8,10,14,19-20H,5,9,11-13H2,1-2H3. The van der Waals surface area contributed by atoms with Crippen LogP contribution in [0.3, 0.4) is 0 Å². The Bertz CT molecular complexity index is 601. The van der Waals surface area contributed by atoms with Gasteiger partial charge in [0, 0.05) is 25.8 Å². The predicted octanol–water partition coefficient (Wildman–Crippen LogP) is 3.08. The molecule has 1 saturated heterocycles. The third-order valence-corrected chi connectivity index (χ3v) is 4.44. The van der Waals surface area contributed by atoms with E-state index < -0.39 is 0 Å². The minimum Gasteiger partial charge on any atom is -0.315 e. The van der Waals surface area contributed by atoms with Crippen LogP contribution in [0, 0.1) is 13.8 Å². The van der Waals surface area contributed by atoms with Crippen LogP contribution in [0.15, 0.2) is 42.6 Å². The lowest BCUT2D eigenvalue weighted by Gasteiger charge is -2.31. The molecular formula is C19H25N3. The van der Waals surface area contributed by atoms with E-state index in [1.54, 1.807) is 0 Å². The van der Waals surface area contributed by atoms with Crippen LogP contribution in [-0.2, 0) is 0 Å². The molecule has 1 fully saturated rings. The monoisotopic (exact) mass is 295 g/mol. The summed E-state index contributed by atoms with van der Waals surface area (Å²) in [7, 11) is 0. The molecule has 2 aromatic rings. The Labute approximate surface area is 133 Å². The van der Waals surface area contributed by atoms with Gasteiger partial charge in [0.2, 0.25) is 0 Å². The molecule has 3 heteroatoms. The summed E-state index contributed by atoms with van der Waals surface area (Å²) in [6.45, 7) is 8.71. The Morgan fingerprint density at radius 3 is 2.82 bits per heavy atom. The van der Waals surface area contributed by atoms with Crippen molar-refractivity contribution in [1.29, 1.82) is 0 Å². The molecule has 22 heavy (non-hydrogen) atoms. The molecule has 0 bridgehead atoms. The topological polar surface area (TPSA) is 28.2 Å². The molecule has 1 aromatic heterocycles. The molecule has 3 nitrogen and oxygen atoms in total. The summed E-state index contributed by atoms with van der Waals surface area (Å²) >= 11 is 0. The van der Waals surface area contributed by atoms with E-state index in [2.05, 4.69) is 59.4 Å². The Morgan fingerprint density at radius 1 is 1.09 bits per heavy atom. The number of nitrogens with zero attached hydrogens (tertiary/aromatic N) is 2. The molecule has 0 radical (unpaired) electrons. The number of rotatable bonds is 3. The maximum absolute atomic E-state index is 4.67. The summed E-state index contributed by atoms with van der Waals surface area (Å²) in [4.78, 5) is 7.24.